The molecule has 0 aliphatic heterocycles. The van der Waals surface area contributed by atoms with Gasteiger partial charge in [0.2, 0.25) is 10.0 Å². The van der Waals surface area contributed by atoms with Crippen molar-refractivity contribution in [1.29, 1.82) is 0 Å². The highest BCUT2D eigenvalue weighted by molar-refractivity contribution is 7.89. The van der Waals surface area contributed by atoms with Crippen LogP contribution < -0.4 is 4.72 Å². The van der Waals surface area contributed by atoms with Crippen LogP contribution in [-0.2, 0) is 14.8 Å². The second-order valence-corrected chi connectivity index (χ2v) is 6.11. The highest BCUT2D eigenvalue weighted by Crippen LogP contribution is 2.17. The van der Waals surface area contributed by atoms with Crippen LogP contribution in [0.15, 0.2) is 29.2 Å². The third-order valence-corrected chi connectivity index (χ3v) is 4.18. The first-order valence-corrected chi connectivity index (χ1v) is 7.72. The minimum absolute atomic E-state index is 0.178. The Kier molecular flexibility index (Phi) is 6.44. The Morgan fingerprint density at radius 2 is 2.11 bits per heavy atom. The fourth-order valence-electron chi connectivity index (χ4n) is 1.60. The second-order valence-electron chi connectivity index (χ2n) is 4.35. The van der Waals surface area contributed by atoms with Crippen molar-refractivity contribution in [3.63, 3.8) is 0 Å². The van der Waals surface area contributed by atoms with E-state index in [2.05, 4.69) is 4.72 Å². The zero-order chi connectivity index (χ0) is 14.3. The van der Waals surface area contributed by atoms with Crippen LogP contribution in [0.4, 0.5) is 0 Å². The molecule has 108 valence electrons. The van der Waals surface area contributed by atoms with Crippen molar-refractivity contribution in [3.8, 4) is 0 Å². The molecule has 0 saturated heterocycles. The molecule has 6 heteroatoms. The van der Waals surface area contributed by atoms with E-state index in [1.807, 2.05) is 0 Å². The molecule has 0 heterocycles. The Labute approximate surface area is 114 Å². The van der Waals surface area contributed by atoms with E-state index < -0.39 is 16.1 Å². The van der Waals surface area contributed by atoms with Crippen molar-refractivity contribution >= 4 is 10.0 Å². The summed E-state index contributed by atoms with van der Waals surface area (Å²) in [7, 11) is -1.89. The van der Waals surface area contributed by atoms with Gasteiger partial charge in [0.1, 0.15) is 0 Å². The molecule has 0 aliphatic carbocycles. The fraction of sp³-hybridized carbons (Fsp3) is 0.538. The van der Waals surface area contributed by atoms with Crippen LogP contribution in [0.3, 0.4) is 0 Å². The molecule has 0 aromatic heterocycles. The lowest BCUT2D eigenvalue weighted by Gasteiger charge is -2.09. The lowest BCUT2D eigenvalue weighted by Crippen LogP contribution is -2.25. The summed E-state index contributed by atoms with van der Waals surface area (Å²) in [5.41, 5.74) is 0.585. The van der Waals surface area contributed by atoms with Crippen molar-refractivity contribution in [2.75, 3.05) is 20.3 Å². The van der Waals surface area contributed by atoms with Crippen LogP contribution in [0.1, 0.15) is 31.4 Å². The number of ether oxygens (including phenoxy) is 1. The quantitative estimate of drug-likeness (QED) is 0.710. The summed E-state index contributed by atoms with van der Waals surface area (Å²) < 4.78 is 31.5. The molecule has 2 N–H and O–H groups in total. The molecule has 1 atom stereocenters. The van der Waals surface area contributed by atoms with Gasteiger partial charge in [-0.1, -0.05) is 12.1 Å². The average Bonchev–Trinajstić information content (AvgIpc) is 2.38. The van der Waals surface area contributed by atoms with Crippen LogP contribution in [0, 0.1) is 0 Å². The molecule has 1 aromatic carbocycles. The molecule has 1 unspecified atom stereocenters. The standard InChI is InChI=1S/C13H21NO4S/c1-11(15)12-6-5-7-13(10-12)19(16,17)14-8-3-4-9-18-2/h5-7,10-11,14-15H,3-4,8-9H2,1-2H3. The number of nitrogens with one attached hydrogen (secondary N) is 1. The summed E-state index contributed by atoms with van der Waals surface area (Å²) in [6.45, 7) is 2.60. The predicted octanol–water partition coefficient (Wildman–Crippen LogP) is 1.44. The third-order valence-electron chi connectivity index (χ3n) is 2.72. The monoisotopic (exact) mass is 287 g/mol. The Morgan fingerprint density at radius 3 is 2.74 bits per heavy atom. The van der Waals surface area contributed by atoms with Crippen LogP contribution in [0.5, 0.6) is 0 Å². The predicted molar refractivity (Wildman–Crippen MR) is 73.4 cm³/mol. The topological polar surface area (TPSA) is 75.6 Å². The summed E-state index contributed by atoms with van der Waals surface area (Å²) in [4.78, 5) is 0.178. The van der Waals surface area contributed by atoms with Gasteiger partial charge in [-0.25, -0.2) is 13.1 Å². The van der Waals surface area contributed by atoms with E-state index in [1.165, 1.54) is 12.1 Å². The summed E-state index contributed by atoms with van der Waals surface area (Å²) in [5.74, 6) is 0. The number of unbranched alkanes of at least 4 members (excludes halogenated alkanes) is 1. The van der Waals surface area contributed by atoms with E-state index in [4.69, 9.17) is 4.74 Å². The lowest BCUT2D eigenvalue weighted by molar-refractivity contribution is 0.193. The molecule has 19 heavy (non-hydrogen) atoms. The third kappa shape index (κ3) is 5.28. The van der Waals surface area contributed by atoms with Gasteiger partial charge >= 0.3 is 0 Å². The number of aliphatic hydroxyl groups excluding tert-OH is 1. The number of methoxy groups -OCH3 is 1. The molecule has 1 aromatic rings. The Hall–Kier alpha value is -0.950. The van der Waals surface area contributed by atoms with Gasteiger partial charge in [0.05, 0.1) is 11.0 Å². The molecule has 1 rings (SSSR count). The van der Waals surface area contributed by atoms with E-state index in [1.54, 1.807) is 26.2 Å². The van der Waals surface area contributed by atoms with Crippen molar-refractivity contribution in [2.24, 2.45) is 0 Å². The van der Waals surface area contributed by atoms with Gasteiger partial charge in [0.25, 0.3) is 0 Å². The molecule has 0 radical (unpaired) electrons. The molecule has 5 nitrogen and oxygen atoms in total. The van der Waals surface area contributed by atoms with Crippen molar-refractivity contribution in [1.82, 2.24) is 4.72 Å². The number of aliphatic hydroxyl groups is 1. The van der Waals surface area contributed by atoms with Crippen molar-refractivity contribution < 1.29 is 18.3 Å². The largest absolute Gasteiger partial charge is 0.389 e. The number of sulfonamides is 1. The van der Waals surface area contributed by atoms with Crippen LogP contribution in [0.2, 0.25) is 0 Å². The Bertz CT molecular complexity index is 485. The molecule has 0 saturated carbocycles. The molecule has 0 fully saturated rings. The van der Waals surface area contributed by atoms with Gasteiger partial charge in [0.15, 0.2) is 0 Å². The Balaban J connectivity index is 2.64. The maximum absolute atomic E-state index is 12.0. The minimum atomic E-state index is -3.51. The molecule has 0 aliphatic rings. The Morgan fingerprint density at radius 1 is 1.37 bits per heavy atom. The molecule has 0 spiro atoms. The smallest absolute Gasteiger partial charge is 0.240 e. The van der Waals surface area contributed by atoms with Gasteiger partial charge in [-0.3, -0.25) is 0 Å². The van der Waals surface area contributed by atoms with Crippen LogP contribution in [-0.4, -0.2) is 33.8 Å². The first kappa shape index (κ1) is 16.1. The zero-order valence-corrected chi connectivity index (χ0v) is 12.1. The summed E-state index contributed by atoms with van der Waals surface area (Å²) >= 11 is 0. The van der Waals surface area contributed by atoms with Crippen molar-refractivity contribution in [2.45, 2.75) is 30.8 Å². The summed E-state index contributed by atoms with van der Waals surface area (Å²) in [6, 6.07) is 6.33. The second kappa shape index (κ2) is 7.59. The normalized spacial score (nSPS) is 13.4. The summed E-state index contributed by atoms with van der Waals surface area (Å²) in [5, 5.41) is 9.46. The highest BCUT2D eigenvalue weighted by atomic mass is 32.2. The fourth-order valence-corrected chi connectivity index (χ4v) is 2.73. The van der Waals surface area contributed by atoms with E-state index >= 15 is 0 Å². The van der Waals surface area contributed by atoms with Gasteiger partial charge in [0, 0.05) is 20.3 Å². The molecular formula is C13H21NO4S. The highest BCUT2D eigenvalue weighted by Gasteiger charge is 2.14. The maximum Gasteiger partial charge on any atom is 0.240 e. The van der Waals surface area contributed by atoms with E-state index in [0.29, 0.717) is 18.7 Å². The SMILES string of the molecule is COCCCCNS(=O)(=O)c1cccc(C(C)O)c1. The van der Waals surface area contributed by atoms with Crippen LogP contribution >= 0.6 is 0 Å². The minimum Gasteiger partial charge on any atom is -0.389 e. The first-order chi connectivity index (χ1) is 8.97. The molecule has 0 bridgehead atoms. The maximum atomic E-state index is 12.0. The number of benzene rings is 1. The number of hydrogen-bond acceptors (Lipinski definition) is 4. The zero-order valence-electron chi connectivity index (χ0n) is 11.3. The van der Waals surface area contributed by atoms with Gasteiger partial charge in [-0.05, 0) is 37.5 Å². The van der Waals surface area contributed by atoms with E-state index in [0.717, 1.165) is 12.8 Å². The van der Waals surface area contributed by atoms with Gasteiger partial charge in [-0.2, -0.15) is 0 Å². The molecule has 0 amide bonds. The van der Waals surface area contributed by atoms with Gasteiger partial charge < -0.3 is 9.84 Å². The van der Waals surface area contributed by atoms with Crippen molar-refractivity contribution in [3.05, 3.63) is 29.8 Å². The van der Waals surface area contributed by atoms with Gasteiger partial charge in [-0.15, -0.1) is 0 Å². The summed E-state index contributed by atoms with van der Waals surface area (Å²) in [6.07, 6.45) is 0.854. The first-order valence-electron chi connectivity index (χ1n) is 6.24. The molecular weight excluding hydrogens is 266 g/mol. The number of rotatable bonds is 8. The van der Waals surface area contributed by atoms with Crippen LogP contribution in [0.25, 0.3) is 0 Å². The van der Waals surface area contributed by atoms with E-state index in [-0.39, 0.29) is 4.90 Å². The number of hydrogen-bond donors (Lipinski definition) is 2. The lowest BCUT2D eigenvalue weighted by atomic mass is 10.1. The van der Waals surface area contributed by atoms with E-state index in [9.17, 15) is 13.5 Å². The average molecular weight is 287 g/mol.